The Hall–Kier alpha value is -3.60. The van der Waals surface area contributed by atoms with Gasteiger partial charge in [-0.15, -0.1) is 0 Å². The Morgan fingerprint density at radius 2 is 1.69 bits per heavy atom. The number of carbonyl (C=O) groups is 2. The van der Waals surface area contributed by atoms with Gasteiger partial charge in [-0.05, 0) is 79.3 Å². The minimum atomic E-state index is -0.212. The molecule has 0 aromatic heterocycles. The van der Waals surface area contributed by atoms with Crippen molar-refractivity contribution in [1.29, 1.82) is 0 Å². The zero-order valence-electron chi connectivity index (χ0n) is 18.3. The topological polar surface area (TPSA) is 58.6 Å². The second-order valence-corrected chi connectivity index (χ2v) is 7.97. The van der Waals surface area contributed by atoms with Crippen LogP contribution in [0.3, 0.4) is 0 Å². The fourth-order valence-corrected chi connectivity index (χ4v) is 4.07. The second-order valence-electron chi connectivity index (χ2n) is 7.97. The number of benzene rings is 3. The highest BCUT2D eigenvalue weighted by molar-refractivity contribution is 5.95. The van der Waals surface area contributed by atoms with Crippen molar-refractivity contribution in [2.24, 2.45) is 0 Å². The number of aryl methyl sites for hydroxylation is 2. The van der Waals surface area contributed by atoms with E-state index in [1.807, 2.05) is 73.7 Å². The summed E-state index contributed by atoms with van der Waals surface area (Å²) in [6, 6.07) is 23.1. The quantitative estimate of drug-likeness (QED) is 0.561. The van der Waals surface area contributed by atoms with Crippen LogP contribution in [0.1, 0.15) is 30.0 Å². The van der Waals surface area contributed by atoms with Crippen molar-refractivity contribution in [3.63, 3.8) is 0 Å². The van der Waals surface area contributed by atoms with Gasteiger partial charge in [-0.1, -0.05) is 36.4 Å². The van der Waals surface area contributed by atoms with Gasteiger partial charge in [-0.25, -0.2) is 0 Å². The highest BCUT2D eigenvalue weighted by Gasteiger charge is 2.15. The lowest BCUT2D eigenvalue weighted by Gasteiger charge is -2.21. The molecule has 1 aliphatic rings. The number of hydrogen-bond donors (Lipinski definition) is 1. The SMILES string of the molecule is CCN(C(=O)Cc1ccc(NC(=O)COc2ccc3c(c2)CCC3)cc1)c1ccccc1. The predicted molar refractivity (Wildman–Crippen MR) is 127 cm³/mol. The number of nitrogens with zero attached hydrogens (tertiary/aromatic N) is 1. The Labute approximate surface area is 189 Å². The Kier molecular flexibility index (Phi) is 6.85. The molecule has 5 heteroatoms. The third-order valence-corrected chi connectivity index (χ3v) is 5.72. The molecule has 0 atom stereocenters. The van der Waals surface area contributed by atoms with Gasteiger partial charge in [0.05, 0.1) is 6.42 Å². The monoisotopic (exact) mass is 428 g/mol. The maximum absolute atomic E-state index is 12.7. The average Bonchev–Trinajstić information content (AvgIpc) is 3.28. The summed E-state index contributed by atoms with van der Waals surface area (Å²) >= 11 is 0. The van der Waals surface area contributed by atoms with E-state index in [9.17, 15) is 9.59 Å². The van der Waals surface area contributed by atoms with Crippen LogP contribution in [-0.4, -0.2) is 25.0 Å². The molecule has 0 unspecified atom stereocenters. The van der Waals surface area contributed by atoms with Crippen molar-refractivity contribution in [3.8, 4) is 5.75 Å². The zero-order chi connectivity index (χ0) is 22.3. The molecule has 0 heterocycles. The molecule has 3 aromatic carbocycles. The van der Waals surface area contributed by atoms with Crippen LogP contribution < -0.4 is 15.0 Å². The van der Waals surface area contributed by atoms with E-state index in [1.54, 1.807) is 4.90 Å². The van der Waals surface area contributed by atoms with E-state index in [4.69, 9.17) is 4.74 Å². The lowest BCUT2D eigenvalue weighted by molar-refractivity contribution is -0.118. The lowest BCUT2D eigenvalue weighted by Crippen LogP contribution is -2.31. The van der Waals surface area contributed by atoms with Crippen molar-refractivity contribution in [3.05, 3.63) is 89.5 Å². The van der Waals surface area contributed by atoms with E-state index in [2.05, 4.69) is 11.4 Å². The van der Waals surface area contributed by atoms with Gasteiger partial charge < -0.3 is 15.0 Å². The summed E-state index contributed by atoms with van der Waals surface area (Å²) in [5.74, 6) is 0.558. The summed E-state index contributed by atoms with van der Waals surface area (Å²) in [5.41, 5.74) is 5.18. The first-order chi connectivity index (χ1) is 15.6. The molecule has 2 amide bonds. The molecule has 0 radical (unpaired) electrons. The van der Waals surface area contributed by atoms with Crippen molar-refractivity contribution < 1.29 is 14.3 Å². The fraction of sp³-hybridized carbons (Fsp3) is 0.259. The molecule has 32 heavy (non-hydrogen) atoms. The van der Waals surface area contributed by atoms with Crippen LogP contribution >= 0.6 is 0 Å². The first-order valence-corrected chi connectivity index (χ1v) is 11.1. The molecule has 0 aliphatic heterocycles. The molecule has 4 rings (SSSR count). The van der Waals surface area contributed by atoms with Crippen LogP contribution in [0.5, 0.6) is 5.75 Å². The van der Waals surface area contributed by atoms with Gasteiger partial charge in [0.15, 0.2) is 6.61 Å². The van der Waals surface area contributed by atoms with Gasteiger partial charge in [0, 0.05) is 17.9 Å². The number of ether oxygens (including phenoxy) is 1. The van der Waals surface area contributed by atoms with Gasteiger partial charge in [0.25, 0.3) is 5.91 Å². The lowest BCUT2D eigenvalue weighted by atomic mass is 10.1. The molecule has 1 N–H and O–H groups in total. The van der Waals surface area contributed by atoms with Gasteiger partial charge >= 0.3 is 0 Å². The summed E-state index contributed by atoms with van der Waals surface area (Å²) in [4.78, 5) is 26.8. The van der Waals surface area contributed by atoms with Crippen molar-refractivity contribution in [2.45, 2.75) is 32.6 Å². The number of amides is 2. The molecule has 164 valence electrons. The van der Waals surface area contributed by atoms with Crippen molar-refractivity contribution >= 4 is 23.2 Å². The summed E-state index contributed by atoms with van der Waals surface area (Å²) in [7, 11) is 0. The largest absolute Gasteiger partial charge is 0.484 e. The maximum Gasteiger partial charge on any atom is 0.262 e. The third kappa shape index (κ3) is 5.35. The Bertz CT molecular complexity index is 1080. The summed E-state index contributed by atoms with van der Waals surface area (Å²) < 4.78 is 5.66. The molecule has 0 spiro atoms. The molecule has 0 saturated carbocycles. The first kappa shape index (κ1) is 21.6. The van der Waals surface area contributed by atoms with Crippen LogP contribution in [0.4, 0.5) is 11.4 Å². The normalized spacial score (nSPS) is 12.2. The molecule has 0 bridgehead atoms. The highest BCUT2D eigenvalue weighted by atomic mass is 16.5. The molecular formula is C27H28N2O3. The minimum absolute atomic E-state index is 0.0400. The fourth-order valence-electron chi connectivity index (χ4n) is 4.07. The number of anilines is 2. The average molecular weight is 429 g/mol. The number of nitrogens with one attached hydrogen (secondary N) is 1. The standard InChI is InChI=1S/C27H28N2O3/c1-2-29(24-9-4-3-5-10-24)27(31)17-20-11-14-23(15-12-20)28-26(30)19-32-25-16-13-21-7-6-8-22(21)18-25/h3-5,9-16,18H,2,6-8,17,19H2,1H3,(H,28,30). The molecule has 5 nitrogen and oxygen atoms in total. The van der Waals surface area contributed by atoms with E-state index in [-0.39, 0.29) is 18.4 Å². The van der Waals surface area contributed by atoms with E-state index >= 15 is 0 Å². The number of para-hydroxylation sites is 1. The number of hydrogen-bond acceptors (Lipinski definition) is 3. The molecule has 3 aromatic rings. The van der Waals surface area contributed by atoms with Crippen molar-refractivity contribution in [2.75, 3.05) is 23.4 Å². The molecular weight excluding hydrogens is 400 g/mol. The molecule has 0 fully saturated rings. The minimum Gasteiger partial charge on any atom is -0.484 e. The van der Waals surface area contributed by atoms with Crippen LogP contribution in [0, 0.1) is 0 Å². The van der Waals surface area contributed by atoms with Gasteiger partial charge in [-0.2, -0.15) is 0 Å². The zero-order valence-corrected chi connectivity index (χ0v) is 18.3. The number of carbonyl (C=O) groups excluding carboxylic acids is 2. The Morgan fingerprint density at radius 1 is 0.938 bits per heavy atom. The van der Waals surface area contributed by atoms with Crippen LogP contribution in [-0.2, 0) is 28.9 Å². The number of fused-ring (bicyclic) bond motifs is 1. The molecule has 1 aliphatic carbocycles. The Balaban J connectivity index is 1.28. The van der Waals surface area contributed by atoms with Crippen LogP contribution in [0.2, 0.25) is 0 Å². The highest BCUT2D eigenvalue weighted by Crippen LogP contribution is 2.26. The summed E-state index contributed by atoms with van der Waals surface area (Å²) in [6.07, 6.45) is 3.69. The molecule has 0 saturated heterocycles. The van der Waals surface area contributed by atoms with Gasteiger partial charge in [0.1, 0.15) is 5.75 Å². The van der Waals surface area contributed by atoms with Crippen LogP contribution in [0.15, 0.2) is 72.8 Å². The van der Waals surface area contributed by atoms with E-state index in [1.165, 1.54) is 17.5 Å². The Morgan fingerprint density at radius 3 is 2.44 bits per heavy atom. The number of rotatable bonds is 8. The van der Waals surface area contributed by atoms with E-state index in [0.717, 1.165) is 29.8 Å². The maximum atomic E-state index is 12.7. The third-order valence-electron chi connectivity index (χ3n) is 5.72. The van der Waals surface area contributed by atoms with Crippen LogP contribution in [0.25, 0.3) is 0 Å². The summed E-state index contributed by atoms with van der Waals surface area (Å²) in [5, 5.41) is 2.85. The summed E-state index contributed by atoms with van der Waals surface area (Å²) in [6.45, 7) is 2.54. The smallest absolute Gasteiger partial charge is 0.262 e. The van der Waals surface area contributed by atoms with E-state index in [0.29, 0.717) is 18.7 Å². The van der Waals surface area contributed by atoms with Gasteiger partial charge in [0.2, 0.25) is 5.91 Å². The predicted octanol–water partition coefficient (Wildman–Crippen LogP) is 4.79. The van der Waals surface area contributed by atoms with Gasteiger partial charge in [-0.3, -0.25) is 9.59 Å². The van der Waals surface area contributed by atoms with Crippen molar-refractivity contribution in [1.82, 2.24) is 0 Å². The number of likely N-dealkylation sites (N-methyl/N-ethyl adjacent to an activating group) is 1. The van der Waals surface area contributed by atoms with E-state index < -0.39 is 0 Å². The second kappa shape index (κ2) is 10.1. The first-order valence-electron chi connectivity index (χ1n) is 11.1.